The van der Waals surface area contributed by atoms with Crippen LogP contribution < -0.4 is 0 Å². The van der Waals surface area contributed by atoms with Crippen molar-refractivity contribution in [2.75, 3.05) is 0 Å². The molecule has 6 atom stereocenters. The highest BCUT2D eigenvalue weighted by atomic mass is 16.5. The van der Waals surface area contributed by atoms with E-state index in [-0.39, 0.29) is 22.9 Å². The van der Waals surface area contributed by atoms with Crippen LogP contribution in [0.1, 0.15) is 103 Å². The zero-order valence-corrected chi connectivity index (χ0v) is 21.6. The first-order valence-electron chi connectivity index (χ1n) is 14.0. The van der Waals surface area contributed by atoms with Gasteiger partial charge in [0.2, 0.25) is 0 Å². The quantitative estimate of drug-likeness (QED) is 0.285. The first kappa shape index (κ1) is 23.2. The fourth-order valence-electron chi connectivity index (χ4n) is 8.83. The standard InChI is InChI=1S/C30H40N2O3/c1-19(33)35-24-10-13-29(2)21(18-24)8-9-25-26(29)11-14-30(3)27(25)17-20(28(30)34)16-23-12-15-31-32(23)22-6-4-5-7-22/h8,12,15-16,22,24-27H,4-7,9-11,13-14,17-18H2,1-3H3/b20-16+/t24-,25-,26+,27+,29-,30+/m0/s1. The Labute approximate surface area is 209 Å². The van der Waals surface area contributed by atoms with E-state index in [1.54, 1.807) is 0 Å². The minimum atomic E-state index is -0.234. The van der Waals surface area contributed by atoms with E-state index in [0.29, 0.717) is 29.6 Å². The van der Waals surface area contributed by atoms with Crippen LogP contribution in [0.2, 0.25) is 0 Å². The van der Waals surface area contributed by atoms with E-state index < -0.39 is 0 Å². The van der Waals surface area contributed by atoms with Crippen LogP contribution in [0.4, 0.5) is 0 Å². The number of carbonyl (C=O) groups excluding carboxylic acids is 2. The summed E-state index contributed by atoms with van der Waals surface area (Å²) >= 11 is 0. The molecule has 5 nitrogen and oxygen atoms in total. The molecule has 1 heterocycles. The van der Waals surface area contributed by atoms with Crippen LogP contribution >= 0.6 is 0 Å². The van der Waals surface area contributed by atoms with E-state index in [4.69, 9.17) is 4.74 Å². The fourth-order valence-corrected chi connectivity index (χ4v) is 8.83. The van der Waals surface area contributed by atoms with Crippen LogP contribution in [0.3, 0.4) is 0 Å². The number of hydrogen-bond acceptors (Lipinski definition) is 4. The maximum absolute atomic E-state index is 13.8. The summed E-state index contributed by atoms with van der Waals surface area (Å²) in [7, 11) is 0. The molecule has 1 aromatic heterocycles. The largest absolute Gasteiger partial charge is 0.462 e. The second-order valence-corrected chi connectivity index (χ2v) is 12.5. The van der Waals surface area contributed by atoms with Crippen molar-refractivity contribution in [3.63, 3.8) is 0 Å². The third-order valence-electron chi connectivity index (χ3n) is 10.7. The number of carbonyl (C=O) groups is 2. The molecule has 0 saturated heterocycles. The molecule has 1 aromatic rings. The minimum absolute atomic E-state index is 0.0320. The number of allylic oxidation sites excluding steroid dienone is 2. The highest BCUT2D eigenvalue weighted by Crippen LogP contribution is 2.64. The van der Waals surface area contributed by atoms with E-state index in [1.807, 2.05) is 6.20 Å². The number of Topliss-reactive ketones (excluding diaryl/α,β-unsaturated/α-hetero) is 1. The Hall–Kier alpha value is -2.17. The molecule has 5 aliphatic carbocycles. The topological polar surface area (TPSA) is 61.2 Å². The number of hydrogen-bond donors (Lipinski definition) is 0. The predicted molar refractivity (Wildman–Crippen MR) is 135 cm³/mol. The summed E-state index contributed by atoms with van der Waals surface area (Å²) in [5, 5.41) is 4.64. The lowest BCUT2D eigenvalue weighted by Gasteiger charge is -2.56. The molecule has 0 aromatic carbocycles. The molecule has 0 aliphatic heterocycles. The number of esters is 1. The molecule has 0 N–H and O–H groups in total. The molecule has 0 radical (unpaired) electrons. The van der Waals surface area contributed by atoms with Crippen LogP contribution in [-0.4, -0.2) is 27.6 Å². The SMILES string of the molecule is CC(=O)O[C@H]1CC[C@@]2(C)C(=CC[C@@H]3[C@H]4C/C(=C\c5ccnn5C5CCCC5)C(=O)[C@]4(C)CC[C@H]32)C1. The molecule has 5 aliphatic rings. The second kappa shape index (κ2) is 8.45. The molecule has 0 amide bonds. The molecule has 0 spiro atoms. The number of ketones is 1. The Morgan fingerprint density at radius 2 is 1.86 bits per heavy atom. The zero-order valence-electron chi connectivity index (χ0n) is 21.6. The van der Waals surface area contributed by atoms with Crippen molar-refractivity contribution >= 4 is 17.8 Å². The van der Waals surface area contributed by atoms with Crippen molar-refractivity contribution < 1.29 is 14.3 Å². The average molecular weight is 477 g/mol. The van der Waals surface area contributed by atoms with Gasteiger partial charge in [-0.3, -0.25) is 14.3 Å². The van der Waals surface area contributed by atoms with Crippen molar-refractivity contribution in [1.29, 1.82) is 0 Å². The van der Waals surface area contributed by atoms with Gasteiger partial charge in [0.05, 0.1) is 11.7 Å². The molecule has 6 rings (SSSR count). The van der Waals surface area contributed by atoms with E-state index in [0.717, 1.165) is 56.2 Å². The Morgan fingerprint density at radius 3 is 2.63 bits per heavy atom. The minimum Gasteiger partial charge on any atom is -0.462 e. The lowest BCUT2D eigenvalue weighted by atomic mass is 9.48. The summed E-state index contributed by atoms with van der Waals surface area (Å²) < 4.78 is 7.77. The summed E-state index contributed by atoms with van der Waals surface area (Å²) in [5.74, 6) is 1.82. The van der Waals surface area contributed by atoms with Gasteiger partial charge in [0, 0.05) is 25.0 Å². The van der Waals surface area contributed by atoms with E-state index in [9.17, 15) is 9.59 Å². The molecule has 4 fully saturated rings. The summed E-state index contributed by atoms with van der Waals surface area (Å²) in [6.07, 6.45) is 18.5. The van der Waals surface area contributed by atoms with Gasteiger partial charge in [-0.2, -0.15) is 5.10 Å². The average Bonchev–Trinajstić information content (AvgIpc) is 3.55. The van der Waals surface area contributed by atoms with Crippen LogP contribution in [0.5, 0.6) is 0 Å². The van der Waals surface area contributed by atoms with Gasteiger partial charge >= 0.3 is 5.97 Å². The monoisotopic (exact) mass is 476 g/mol. The van der Waals surface area contributed by atoms with E-state index in [1.165, 1.54) is 38.2 Å². The number of aromatic nitrogens is 2. The third kappa shape index (κ3) is 3.67. The maximum atomic E-state index is 13.8. The predicted octanol–water partition coefficient (Wildman–Crippen LogP) is 6.46. The van der Waals surface area contributed by atoms with Gasteiger partial charge in [-0.15, -0.1) is 0 Å². The molecule has 35 heavy (non-hydrogen) atoms. The molecule has 4 saturated carbocycles. The van der Waals surface area contributed by atoms with Crippen molar-refractivity contribution in [3.05, 3.63) is 35.2 Å². The van der Waals surface area contributed by atoms with Gasteiger partial charge in [-0.25, -0.2) is 0 Å². The Morgan fingerprint density at radius 1 is 1.09 bits per heavy atom. The van der Waals surface area contributed by atoms with E-state index >= 15 is 0 Å². The highest BCUT2D eigenvalue weighted by molar-refractivity contribution is 6.05. The third-order valence-corrected chi connectivity index (χ3v) is 10.7. The molecule has 5 heteroatoms. The Balaban J connectivity index is 1.27. The number of nitrogens with zero attached hydrogens (tertiary/aromatic N) is 2. The van der Waals surface area contributed by atoms with Crippen LogP contribution in [0.15, 0.2) is 29.5 Å². The van der Waals surface area contributed by atoms with Gasteiger partial charge < -0.3 is 4.74 Å². The molecular formula is C30H40N2O3. The molecule has 0 unspecified atom stereocenters. The molecule has 0 bridgehead atoms. The highest BCUT2D eigenvalue weighted by Gasteiger charge is 2.60. The summed E-state index contributed by atoms with van der Waals surface area (Å²) in [4.78, 5) is 25.4. The normalized spacial score (nSPS) is 40.3. The van der Waals surface area contributed by atoms with Gasteiger partial charge in [-0.05, 0) is 92.3 Å². The van der Waals surface area contributed by atoms with Gasteiger partial charge in [0.25, 0.3) is 0 Å². The maximum Gasteiger partial charge on any atom is 0.302 e. The molecule has 188 valence electrons. The van der Waals surface area contributed by atoms with Crippen molar-refractivity contribution in [3.8, 4) is 0 Å². The lowest BCUT2D eigenvalue weighted by molar-refractivity contribution is -0.148. The van der Waals surface area contributed by atoms with Crippen molar-refractivity contribution in [2.45, 2.75) is 104 Å². The van der Waals surface area contributed by atoms with Crippen LogP contribution in [0, 0.1) is 28.6 Å². The zero-order chi connectivity index (χ0) is 24.4. The summed E-state index contributed by atoms with van der Waals surface area (Å²) in [5.41, 5.74) is 3.58. The number of fused-ring (bicyclic) bond motifs is 5. The van der Waals surface area contributed by atoms with Gasteiger partial charge in [0.1, 0.15) is 6.10 Å². The first-order chi connectivity index (χ1) is 16.8. The summed E-state index contributed by atoms with van der Waals surface area (Å²) in [6, 6.07) is 2.57. The van der Waals surface area contributed by atoms with Crippen LogP contribution in [0.25, 0.3) is 6.08 Å². The second-order valence-electron chi connectivity index (χ2n) is 12.5. The lowest BCUT2D eigenvalue weighted by Crippen LogP contribution is -2.50. The smallest absolute Gasteiger partial charge is 0.302 e. The van der Waals surface area contributed by atoms with Crippen molar-refractivity contribution in [2.24, 2.45) is 28.6 Å². The number of rotatable bonds is 3. The van der Waals surface area contributed by atoms with Crippen molar-refractivity contribution in [1.82, 2.24) is 9.78 Å². The first-order valence-corrected chi connectivity index (χ1v) is 14.0. The number of ether oxygens (including phenoxy) is 1. The fraction of sp³-hybridized carbons (Fsp3) is 0.700. The van der Waals surface area contributed by atoms with Crippen LogP contribution in [-0.2, 0) is 14.3 Å². The Kier molecular flexibility index (Phi) is 5.61. The van der Waals surface area contributed by atoms with Gasteiger partial charge in [-0.1, -0.05) is 38.3 Å². The Bertz CT molecular complexity index is 1090. The molecular weight excluding hydrogens is 436 g/mol. The van der Waals surface area contributed by atoms with Gasteiger partial charge in [0.15, 0.2) is 5.78 Å². The van der Waals surface area contributed by atoms with E-state index in [2.05, 4.69) is 41.8 Å². The summed E-state index contributed by atoms with van der Waals surface area (Å²) in [6.45, 7) is 6.23.